The van der Waals surface area contributed by atoms with Crippen molar-refractivity contribution in [2.45, 2.75) is 50.6 Å². The van der Waals surface area contributed by atoms with Gasteiger partial charge < -0.3 is 20.3 Å². The van der Waals surface area contributed by atoms with E-state index in [4.69, 9.17) is 15.5 Å². The molecule has 0 amide bonds. The van der Waals surface area contributed by atoms with Crippen molar-refractivity contribution < 1.29 is 4.74 Å². The summed E-state index contributed by atoms with van der Waals surface area (Å²) in [7, 11) is 4.38. The monoisotopic (exact) mass is 459 g/mol. The smallest absolute Gasteiger partial charge is 0.263 e. The minimum absolute atomic E-state index is 0.280. The molecule has 1 spiro atoms. The highest BCUT2D eigenvalue weighted by Gasteiger charge is 2.49. The molecular weight excluding hydrogens is 426 g/mol. The molecule has 34 heavy (non-hydrogen) atoms. The topological polar surface area (TPSA) is 85.3 Å². The minimum atomic E-state index is 0.280. The molecule has 0 unspecified atom stereocenters. The molecule has 178 valence electrons. The molecule has 2 aromatic heterocycles. The van der Waals surface area contributed by atoms with Crippen LogP contribution in [-0.4, -0.2) is 63.3 Å². The quantitative estimate of drug-likeness (QED) is 0.636. The van der Waals surface area contributed by atoms with Gasteiger partial charge in [-0.15, -0.1) is 0 Å². The summed E-state index contributed by atoms with van der Waals surface area (Å²) in [6, 6.07) is 4.92. The first-order valence-electron chi connectivity index (χ1n) is 12.3. The highest BCUT2D eigenvalue weighted by Crippen LogP contribution is 2.53. The molecule has 0 bridgehead atoms. The molecule has 1 aliphatic carbocycles. The molecule has 2 fully saturated rings. The van der Waals surface area contributed by atoms with Crippen molar-refractivity contribution in [2.24, 2.45) is 0 Å². The van der Waals surface area contributed by atoms with Crippen molar-refractivity contribution in [1.29, 1.82) is 0 Å². The molecule has 8 heteroatoms. The van der Waals surface area contributed by atoms with E-state index < -0.39 is 0 Å². The Labute approximate surface area is 200 Å². The number of benzene rings is 1. The van der Waals surface area contributed by atoms with Crippen molar-refractivity contribution in [2.75, 3.05) is 39.5 Å². The standard InChI is InChI=1S/C26H33N7O/c1-17-10-18(11-19-14-32(3)16-26(6-7-26)23(17)19)22-13-28-24(27)25(30-22)34-21-12-29-33(15-21)20-4-8-31(2)9-5-20/h10-13,15,20H,4-9,14,16H2,1-3H3,(H2,27,28). The Balaban J connectivity index is 1.27. The number of nitrogen functional groups attached to an aromatic ring is 1. The summed E-state index contributed by atoms with van der Waals surface area (Å²) >= 11 is 0. The van der Waals surface area contributed by atoms with E-state index >= 15 is 0 Å². The third kappa shape index (κ3) is 3.84. The zero-order valence-corrected chi connectivity index (χ0v) is 20.3. The van der Waals surface area contributed by atoms with Crippen LogP contribution >= 0.6 is 0 Å². The van der Waals surface area contributed by atoms with E-state index in [1.54, 1.807) is 18.0 Å². The Morgan fingerprint density at radius 1 is 1.09 bits per heavy atom. The van der Waals surface area contributed by atoms with E-state index in [1.165, 1.54) is 24.0 Å². The van der Waals surface area contributed by atoms with E-state index in [0.717, 1.165) is 50.3 Å². The molecule has 2 N–H and O–H groups in total. The van der Waals surface area contributed by atoms with Crippen molar-refractivity contribution in [3.05, 3.63) is 47.4 Å². The van der Waals surface area contributed by atoms with Crippen LogP contribution in [0.25, 0.3) is 11.3 Å². The van der Waals surface area contributed by atoms with E-state index in [0.29, 0.717) is 23.1 Å². The molecule has 6 rings (SSSR count). The van der Waals surface area contributed by atoms with Crippen LogP contribution < -0.4 is 10.5 Å². The maximum atomic E-state index is 6.15. The van der Waals surface area contributed by atoms with Crippen LogP contribution in [-0.2, 0) is 12.0 Å². The average molecular weight is 460 g/mol. The number of nitrogens with two attached hydrogens (primary N) is 1. The summed E-state index contributed by atoms with van der Waals surface area (Å²) in [5.41, 5.74) is 12.6. The lowest BCUT2D eigenvalue weighted by molar-refractivity contribution is 0.212. The Hall–Kier alpha value is -2.97. The van der Waals surface area contributed by atoms with Gasteiger partial charge in [0.25, 0.3) is 5.88 Å². The summed E-state index contributed by atoms with van der Waals surface area (Å²) in [6.45, 7) is 6.52. The van der Waals surface area contributed by atoms with Gasteiger partial charge >= 0.3 is 0 Å². The summed E-state index contributed by atoms with van der Waals surface area (Å²) in [5, 5.41) is 4.54. The van der Waals surface area contributed by atoms with Crippen molar-refractivity contribution in [3.63, 3.8) is 0 Å². The minimum Gasteiger partial charge on any atom is -0.433 e. The van der Waals surface area contributed by atoms with Gasteiger partial charge in [0.2, 0.25) is 0 Å². The molecular formula is C26H33N7O. The number of rotatable bonds is 4. The number of hydrogen-bond acceptors (Lipinski definition) is 7. The zero-order chi connectivity index (χ0) is 23.4. The molecule has 1 saturated heterocycles. The van der Waals surface area contributed by atoms with E-state index in [1.807, 2.05) is 10.9 Å². The molecule has 4 heterocycles. The van der Waals surface area contributed by atoms with E-state index in [9.17, 15) is 0 Å². The van der Waals surface area contributed by atoms with Crippen LogP contribution in [0, 0.1) is 6.92 Å². The highest BCUT2D eigenvalue weighted by molar-refractivity contribution is 5.66. The van der Waals surface area contributed by atoms with Gasteiger partial charge in [-0.3, -0.25) is 4.68 Å². The predicted molar refractivity (Wildman–Crippen MR) is 132 cm³/mol. The Bertz CT molecular complexity index is 1220. The fourth-order valence-corrected chi connectivity index (χ4v) is 5.93. The van der Waals surface area contributed by atoms with Crippen molar-refractivity contribution in [1.82, 2.24) is 29.5 Å². The Morgan fingerprint density at radius 2 is 1.88 bits per heavy atom. The summed E-state index contributed by atoms with van der Waals surface area (Å²) in [6.07, 6.45) is 10.2. The second kappa shape index (κ2) is 8.06. The van der Waals surface area contributed by atoms with Crippen LogP contribution in [0.3, 0.4) is 0 Å². The highest BCUT2D eigenvalue weighted by atomic mass is 16.5. The molecule has 1 saturated carbocycles. The Kier molecular flexibility index (Phi) is 5.11. The van der Waals surface area contributed by atoms with Crippen LogP contribution in [0.1, 0.15) is 48.4 Å². The lowest BCUT2D eigenvalue weighted by Gasteiger charge is -2.34. The number of piperidine rings is 1. The normalized spacial score (nSPS) is 20.4. The number of ether oxygens (including phenoxy) is 1. The van der Waals surface area contributed by atoms with Gasteiger partial charge in [-0.25, -0.2) is 9.97 Å². The van der Waals surface area contributed by atoms with E-state index in [2.05, 4.69) is 53.0 Å². The molecule has 3 aliphatic rings. The first-order chi connectivity index (χ1) is 16.4. The van der Waals surface area contributed by atoms with Gasteiger partial charge in [0.05, 0.1) is 30.3 Å². The van der Waals surface area contributed by atoms with Gasteiger partial charge in [0.15, 0.2) is 11.6 Å². The van der Waals surface area contributed by atoms with Crippen LogP contribution in [0.15, 0.2) is 30.7 Å². The number of aromatic nitrogens is 4. The maximum Gasteiger partial charge on any atom is 0.263 e. The SMILES string of the molecule is Cc1cc(-c2cnc(N)c(Oc3cnn(C4CCN(C)CC4)c3)n2)cc2c1C1(CC1)CN(C)C2. The Morgan fingerprint density at radius 3 is 2.65 bits per heavy atom. The number of hydrogen-bond donors (Lipinski definition) is 1. The summed E-state index contributed by atoms with van der Waals surface area (Å²) < 4.78 is 8.07. The van der Waals surface area contributed by atoms with Crippen LogP contribution in [0.5, 0.6) is 11.6 Å². The second-order valence-corrected chi connectivity index (χ2v) is 10.5. The fourth-order valence-electron chi connectivity index (χ4n) is 5.93. The lowest BCUT2D eigenvalue weighted by Crippen LogP contribution is -2.35. The number of aryl methyl sites for hydroxylation is 1. The third-order valence-corrected chi connectivity index (χ3v) is 7.73. The van der Waals surface area contributed by atoms with Crippen molar-refractivity contribution in [3.8, 4) is 22.9 Å². The zero-order valence-electron chi connectivity index (χ0n) is 20.3. The van der Waals surface area contributed by atoms with Gasteiger partial charge in [0.1, 0.15) is 0 Å². The number of likely N-dealkylation sites (tertiary alicyclic amines) is 1. The first kappa shape index (κ1) is 21.6. The third-order valence-electron chi connectivity index (χ3n) is 7.73. The molecule has 0 atom stereocenters. The van der Waals surface area contributed by atoms with Gasteiger partial charge in [-0.05, 0) is 88.6 Å². The molecule has 8 nitrogen and oxygen atoms in total. The van der Waals surface area contributed by atoms with Crippen LogP contribution in [0.2, 0.25) is 0 Å². The van der Waals surface area contributed by atoms with Gasteiger partial charge in [-0.1, -0.05) is 0 Å². The van der Waals surface area contributed by atoms with Crippen LogP contribution in [0.4, 0.5) is 5.82 Å². The van der Waals surface area contributed by atoms with Gasteiger partial charge in [-0.2, -0.15) is 5.10 Å². The number of fused-ring (bicyclic) bond motifs is 2. The molecule has 0 radical (unpaired) electrons. The average Bonchev–Trinajstić information content (AvgIpc) is 3.39. The maximum absolute atomic E-state index is 6.15. The number of anilines is 1. The summed E-state index contributed by atoms with van der Waals surface area (Å²) in [5.74, 6) is 1.24. The first-order valence-corrected chi connectivity index (χ1v) is 12.3. The molecule has 3 aromatic rings. The second-order valence-electron chi connectivity index (χ2n) is 10.5. The van der Waals surface area contributed by atoms with Crippen molar-refractivity contribution >= 4 is 5.82 Å². The predicted octanol–water partition coefficient (Wildman–Crippen LogP) is 3.77. The fraction of sp³-hybridized carbons (Fsp3) is 0.500. The molecule has 2 aliphatic heterocycles. The lowest BCUT2D eigenvalue weighted by atomic mass is 9.82. The molecule has 1 aromatic carbocycles. The van der Waals surface area contributed by atoms with E-state index in [-0.39, 0.29) is 5.82 Å². The number of likely N-dealkylation sites (N-methyl/N-ethyl adjacent to an activating group) is 1. The van der Waals surface area contributed by atoms with Gasteiger partial charge in [0, 0.05) is 24.1 Å². The summed E-state index contributed by atoms with van der Waals surface area (Å²) in [4.78, 5) is 14.0. The number of nitrogens with zero attached hydrogens (tertiary/aromatic N) is 6. The largest absolute Gasteiger partial charge is 0.433 e.